The lowest BCUT2D eigenvalue weighted by atomic mass is 10.0. The van der Waals surface area contributed by atoms with Crippen molar-refractivity contribution in [3.8, 4) is 0 Å². The molecule has 0 saturated carbocycles. The summed E-state index contributed by atoms with van der Waals surface area (Å²) in [6, 6.07) is 24.7. The second-order valence-electron chi connectivity index (χ2n) is 11.5. The number of Topliss-reactive ketones (excluding diaryl/α,β-unsaturated/α-hetero) is 1. The highest BCUT2D eigenvalue weighted by atomic mass is 16.5. The summed E-state index contributed by atoms with van der Waals surface area (Å²) in [5.41, 5.74) is 2.16. The number of nitrogens with one attached hydrogen (secondary N) is 3. The van der Waals surface area contributed by atoms with Crippen molar-refractivity contribution in [1.29, 1.82) is 0 Å². The Labute approximate surface area is 274 Å². The standard InChI is InChI=1S/C36H42N4O7/c41-32(30(23-26-13-4-1-5-14-26)39-33(42)28-17-8-3-9-18-28)24-38-29(34(43)40-22-12-20-31(40)35(44)45)19-10-11-21-37-36(46)47-25-27-15-6-2-7-16-27/h1-9,13-18,29-31,38H,10-12,19-25H2,(H,37,46)(H,39,42)(H,44,45)/t29-,30-,31-/m0/s1. The van der Waals surface area contributed by atoms with Gasteiger partial charge in [0, 0.05) is 18.7 Å². The number of nitrogens with zero attached hydrogens (tertiary/aromatic N) is 1. The van der Waals surface area contributed by atoms with Crippen molar-refractivity contribution in [2.75, 3.05) is 19.6 Å². The van der Waals surface area contributed by atoms with E-state index in [2.05, 4.69) is 16.0 Å². The maximum atomic E-state index is 13.6. The van der Waals surface area contributed by atoms with Crippen molar-refractivity contribution < 1.29 is 33.8 Å². The number of benzene rings is 3. The number of alkyl carbamates (subject to hydrolysis) is 1. The zero-order valence-electron chi connectivity index (χ0n) is 26.3. The van der Waals surface area contributed by atoms with Crippen LogP contribution in [0.3, 0.4) is 0 Å². The number of carboxylic acids is 1. The molecule has 1 saturated heterocycles. The zero-order chi connectivity index (χ0) is 33.4. The van der Waals surface area contributed by atoms with Gasteiger partial charge in [-0.05, 0) is 61.8 Å². The summed E-state index contributed by atoms with van der Waals surface area (Å²) in [5, 5.41) is 18.3. The Hall–Kier alpha value is -5.03. The van der Waals surface area contributed by atoms with Gasteiger partial charge in [-0.1, -0.05) is 78.9 Å². The molecule has 0 bridgehead atoms. The quantitative estimate of drug-likeness (QED) is 0.163. The van der Waals surface area contributed by atoms with Crippen LogP contribution in [0.4, 0.5) is 4.79 Å². The Morgan fingerprint density at radius 1 is 0.830 bits per heavy atom. The van der Waals surface area contributed by atoms with Crippen LogP contribution in [0, 0.1) is 0 Å². The van der Waals surface area contributed by atoms with E-state index in [1.54, 1.807) is 30.3 Å². The van der Waals surface area contributed by atoms with Gasteiger partial charge in [-0.3, -0.25) is 19.7 Å². The number of carbonyl (C=O) groups is 5. The fraction of sp³-hybridized carbons (Fsp3) is 0.361. The van der Waals surface area contributed by atoms with Crippen molar-refractivity contribution >= 4 is 29.7 Å². The number of likely N-dealkylation sites (tertiary alicyclic amines) is 1. The summed E-state index contributed by atoms with van der Waals surface area (Å²) in [4.78, 5) is 65.5. The average Bonchev–Trinajstić information content (AvgIpc) is 3.60. The Bertz CT molecular complexity index is 1470. The van der Waals surface area contributed by atoms with Crippen LogP contribution in [0.1, 0.15) is 53.6 Å². The average molecular weight is 643 g/mol. The van der Waals surface area contributed by atoms with Crippen molar-refractivity contribution in [1.82, 2.24) is 20.9 Å². The molecule has 0 aliphatic carbocycles. The first-order chi connectivity index (χ1) is 22.8. The number of ketones is 1. The number of hydrogen-bond donors (Lipinski definition) is 4. The lowest BCUT2D eigenvalue weighted by Gasteiger charge is -2.28. The van der Waals surface area contributed by atoms with Crippen molar-refractivity contribution in [3.05, 3.63) is 108 Å². The molecular formula is C36H42N4O7. The zero-order valence-corrected chi connectivity index (χ0v) is 26.3. The number of hydrogen-bond acceptors (Lipinski definition) is 7. The number of amides is 3. The van der Waals surface area contributed by atoms with Gasteiger partial charge in [0.25, 0.3) is 5.91 Å². The Balaban J connectivity index is 1.36. The van der Waals surface area contributed by atoms with Gasteiger partial charge in [0.2, 0.25) is 5.91 Å². The first-order valence-corrected chi connectivity index (χ1v) is 16.0. The molecule has 3 aromatic carbocycles. The van der Waals surface area contributed by atoms with Crippen molar-refractivity contribution in [2.45, 2.75) is 63.3 Å². The van der Waals surface area contributed by atoms with Crippen LogP contribution in [0.15, 0.2) is 91.0 Å². The predicted molar refractivity (Wildman–Crippen MR) is 175 cm³/mol. The van der Waals surface area contributed by atoms with Crippen LogP contribution >= 0.6 is 0 Å². The summed E-state index contributed by atoms with van der Waals surface area (Å²) in [7, 11) is 0. The Kier molecular flexibility index (Phi) is 13.5. The smallest absolute Gasteiger partial charge is 0.407 e. The van der Waals surface area contributed by atoms with E-state index in [1.165, 1.54) is 4.90 Å². The van der Waals surface area contributed by atoms with Crippen LogP contribution < -0.4 is 16.0 Å². The second kappa shape index (κ2) is 18.2. The van der Waals surface area contributed by atoms with Gasteiger partial charge in [-0.2, -0.15) is 0 Å². The van der Waals surface area contributed by atoms with Gasteiger partial charge < -0.3 is 25.4 Å². The van der Waals surface area contributed by atoms with E-state index in [9.17, 15) is 29.1 Å². The normalized spacial score (nSPS) is 15.3. The Morgan fingerprint density at radius 3 is 2.13 bits per heavy atom. The van der Waals surface area contributed by atoms with Gasteiger partial charge in [-0.15, -0.1) is 0 Å². The van der Waals surface area contributed by atoms with E-state index in [0.717, 1.165) is 11.1 Å². The highest BCUT2D eigenvalue weighted by molar-refractivity contribution is 5.98. The third kappa shape index (κ3) is 11.1. The van der Waals surface area contributed by atoms with E-state index in [-0.39, 0.29) is 37.2 Å². The molecule has 3 aromatic rings. The van der Waals surface area contributed by atoms with E-state index in [1.807, 2.05) is 60.7 Å². The molecule has 3 amide bonds. The molecule has 0 aromatic heterocycles. The molecule has 0 spiro atoms. The van der Waals surface area contributed by atoms with Crippen LogP contribution in [0.2, 0.25) is 0 Å². The third-order valence-corrected chi connectivity index (χ3v) is 8.06. The maximum Gasteiger partial charge on any atom is 0.407 e. The number of rotatable bonds is 17. The minimum atomic E-state index is -1.06. The number of ether oxygens (including phenoxy) is 1. The second-order valence-corrected chi connectivity index (χ2v) is 11.5. The number of carbonyl (C=O) groups excluding carboxylic acids is 4. The van der Waals surface area contributed by atoms with Crippen LogP contribution in [0.25, 0.3) is 0 Å². The lowest BCUT2D eigenvalue weighted by molar-refractivity contribution is -0.149. The van der Waals surface area contributed by atoms with Gasteiger partial charge in [-0.25, -0.2) is 9.59 Å². The minimum Gasteiger partial charge on any atom is -0.480 e. The first kappa shape index (κ1) is 34.8. The topological polar surface area (TPSA) is 154 Å². The summed E-state index contributed by atoms with van der Waals surface area (Å²) in [6.45, 7) is 0.581. The summed E-state index contributed by atoms with van der Waals surface area (Å²) in [5.74, 6) is -2.14. The first-order valence-electron chi connectivity index (χ1n) is 16.0. The van der Waals surface area contributed by atoms with Gasteiger partial charge in [0.05, 0.1) is 18.6 Å². The van der Waals surface area contributed by atoms with Gasteiger partial charge in [0.1, 0.15) is 12.6 Å². The molecule has 1 fully saturated rings. The largest absolute Gasteiger partial charge is 0.480 e. The molecule has 0 radical (unpaired) electrons. The third-order valence-electron chi connectivity index (χ3n) is 8.06. The molecule has 1 aliphatic heterocycles. The van der Waals surface area contributed by atoms with Crippen LogP contribution in [-0.4, -0.2) is 77.4 Å². The number of carboxylic acid groups (broad SMARTS) is 1. The van der Waals surface area contributed by atoms with E-state index in [0.29, 0.717) is 50.8 Å². The molecule has 248 valence electrons. The highest BCUT2D eigenvalue weighted by Gasteiger charge is 2.37. The summed E-state index contributed by atoms with van der Waals surface area (Å²) >= 11 is 0. The molecule has 11 nitrogen and oxygen atoms in total. The molecule has 4 N–H and O–H groups in total. The molecule has 1 heterocycles. The SMILES string of the molecule is O=C(NCCCC[C@H](NCC(=O)[C@H](Cc1ccccc1)NC(=O)c1ccccc1)C(=O)N1CCC[C@H]1C(=O)O)OCc1ccccc1. The van der Waals surface area contributed by atoms with E-state index in [4.69, 9.17) is 4.74 Å². The summed E-state index contributed by atoms with van der Waals surface area (Å²) in [6.07, 6.45) is 2.02. The molecular weight excluding hydrogens is 600 g/mol. The maximum absolute atomic E-state index is 13.6. The fourth-order valence-corrected chi connectivity index (χ4v) is 5.51. The van der Waals surface area contributed by atoms with E-state index >= 15 is 0 Å². The lowest BCUT2D eigenvalue weighted by Crippen LogP contribution is -2.53. The number of unbranched alkanes of at least 4 members (excludes halogenated alkanes) is 1. The summed E-state index contributed by atoms with van der Waals surface area (Å²) < 4.78 is 5.23. The monoisotopic (exact) mass is 642 g/mol. The molecule has 0 unspecified atom stereocenters. The predicted octanol–water partition coefficient (Wildman–Crippen LogP) is 3.73. The number of aliphatic carboxylic acids is 1. The Morgan fingerprint density at radius 2 is 1.47 bits per heavy atom. The van der Waals surface area contributed by atoms with Crippen molar-refractivity contribution in [2.24, 2.45) is 0 Å². The van der Waals surface area contributed by atoms with Gasteiger partial charge >= 0.3 is 12.1 Å². The molecule has 4 rings (SSSR count). The molecule has 47 heavy (non-hydrogen) atoms. The van der Waals surface area contributed by atoms with Crippen LogP contribution in [0.5, 0.6) is 0 Å². The molecule has 3 atom stereocenters. The minimum absolute atomic E-state index is 0.152. The highest BCUT2D eigenvalue weighted by Crippen LogP contribution is 2.20. The van der Waals surface area contributed by atoms with Crippen LogP contribution in [-0.2, 0) is 32.1 Å². The van der Waals surface area contributed by atoms with E-state index < -0.39 is 30.2 Å². The molecule has 1 aliphatic rings. The van der Waals surface area contributed by atoms with Gasteiger partial charge in [0.15, 0.2) is 5.78 Å². The molecule has 11 heteroatoms. The van der Waals surface area contributed by atoms with Crippen molar-refractivity contribution in [3.63, 3.8) is 0 Å². The fourth-order valence-electron chi connectivity index (χ4n) is 5.51.